The minimum Gasteiger partial charge on any atom is -0.510 e. The lowest BCUT2D eigenvalue weighted by molar-refractivity contribution is 0.156. The minimum absolute atomic E-state index is 0.00222. The Bertz CT molecular complexity index is 2120. The first kappa shape index (κ1) is 32.7. The molecule has 1 unspecified atom stereocenters. The van der Waals surface area contributed by atoms with E-state index in [4.69, 9.17) is 0 Å². The van der Waals surface area contributed by atoms with Gasteiger partial charge < -0.3 is 51.1 Å². The third-order valence-corrected chi connectivity index (χ3v) is 9.08. The predicted molar refractivity (Wildman–Crippen MR) is 184 cm³/mol. The molecule has 1 atom stereocenters. The van der Waals surface area contributed by atoms with E-state index in [0.717, 1.165) is 0 Å². The van der Waals surface area contributed by atoms with Gasteiger partial charge in [0.1, 0.15) is 23.4 Å². The first-order valence-electron chi connectivity index (χ1n) is 15.3. The van der Waals surface area contributed by atoms with Gasteiger partial charge in [0.25, 0.3) is 0 Å². The van der Waals surface area contributed by atoms with Crippen LogP contribution in [0.15, 0.2) is 96.8 Å². The summed E-state index contributed by atoms with van der Waals surface area (Å²) in [5.41, 5.74) is 3.20. The Morgan fingerprint density at radius 1 is 0.469 bits per heavy atom. The van der Waals surface area contributed by atoms with Gasteiger partial charge >= 0.3 is 0 Å². The summed E-state index contributed by atoms with van der Waals surface area (Å²) in [7, 11) is 0. The molecule has 10 N–H and O–H groups in total. The highest BCUT2D eigenvalue weighted by Crippen LogP contribution is 2.49. The number of allylic oxidation sites excluding steroid dienone is 2. The second-order valence-corrected chi connectivity index (χ2v) is 12.6. The largest absolute Gasteiger partial charge is 0.510 e. The van der Waals surface area contributed by atoms with Crippen LogP contribution in [0.3, 0.4) is 0 Å². The van der Waals surface area contributed by atoms with E-state index in [9.17, 15) is 51.1 Å². The molecule has 0 radical (unpaired) electrons. The zero-order valence-corrected chi connectivity index (χ0v) is 26.4. The van der Waals surface area contributed by atoms with Crippen LogP contribution in [0.1, 0.15) is 37.0 Å². The number of rotatable bonds is 6. The average Bonchev–Trinajstić information content (AvgIpc) is 3.06. The van der Waals surface area contributed by atoms with Gasteiger partial charge in [-0.2, -0.15) is 0 Å². The number of aliphatic hydroxyl groups excluding tert-OH is 2. The number of aromatic hydroxyl groups is 8. The molecule has 1 aliphatic carbocycles. The Labute approximate surface area is 281 Å². The first-order chi connectivity index (χ1) is 23.1. The van der Waals surface area contributed by atoms with Crippen LogP contribution < -0.4 is 0 Å². The molecule has 10 heteroatoms. The molecule has 0 aromatic heterocycles. The van der Waals surface area contributed by atoms with E-state index in [1.54, 1.807) is 30.3 Å². The Hall–Kier alpha value is -6.26. The van der Waals surface area contributed by atoms with Crippen LogP contribution in [0.25, 0.3) is 39.0 Å². The van der Waals surface area contributed by atoms with Gasteiger partial charge in [-0.05, 0) is 100 Å². The van der Waals surface area contributed by atoms with Crippen LogP contribution in [0, 0.1) is 0 Å². The van der Waals surface area contributed by atoms with E-state index >= 15 is 0 Å². The van der Waals surface area contributed by atoms with Gasteiger partial charge in [-0.3, -0.25) is 0 Å². The Morgan fingerprint density at radius 3 is 1.20 bits per heavy atom. The number of phenols is 8. The van der Waals surface area contributed by atoms with Crippen molar-refractivity contribution in [3.05, 3.63) is 113 Å². The maximum Gasteiger partial charge on any atom is 0.158 e. The third-order valence-electron chi connectivity index (χ3n) is 9.08. The molecular weight excluding hydrogens is 628 g/mol. The van der Waals surface area contributed by atoms with Crippen LogP contribution in [0.2, 0.25) is 0 Å². The maximum atomic E-state index is 11.6. The second kappa shape index (κ2) is 12.1. The first-order valence-corrected chi connectivity index (χ1v) is 15.3. The van der Waals surface area contributed by atoms with Crippen LogP contribution in [-0.4, -0.2) is 57.2 Å². The lowest BCUT2D eigenvalue weighted by Crippen LogP contribution is -2.20. The zero-order chi connectivity index (χ0) is 35.4. The number of hydrogen-bond acceptors (Lipinski definition) is 10. The summed E-state index contributed by atoms with van der Waals surface area (Å²) in [6.45, 7) is 3.80. The molecule has 1 aliphatic rings. The standard InChI is InChI=1S/C39H34O10/c1-39(2,23-15-25(19-3-7-29(40)33(44)11-19)37(48)26(16-23)20-4-8-30(41)34(45)12-20)24-17-27(21-5-9-31(42)35(46)13-21)38(49)28(18-24)22-6-10-32(43)36(47)14-22/h3-13,15-18,36,40-49H,14H2,1-2H3. The van der Waals surface area contributed by atoms with E-state index < -0.39 is 28.8 Å². The normalized spacial score (nSPS) is 14.7. The predicted octanol–water partition coefficient (Wildman–Crippen LogP) is 7.25. The monoisotopic (exact) mass is 662 g/mol. The molecule has 0 aliphatic heterocycles. The van der Waals surface area contributed by atoms with Crippen LogP contribution >= 0.6 is 0 Å². The number of benzene rings is 5. The highest BCUT2D eigenvalue weighted by Gasteiger charge is 2.30. The quantitative estimate of drug-likeness (QED) is 0.0825. The number of hydrogen-bond donors (Lipinski definition) is 10. The van der Waals surface area contributed by atoms with Gasteiger partial charge in [0.05, 0.1) is 0 Å². The van der Waals surface area contributed by atoms with Crippen molar-refractivity contribution in [1.29, 1.82) is 0 Å². The third kappa shape index (κ3) is 5.90. The number of phenolic OH excluding ortho intramolecular Hbond substituents is 8. The van der Waals surface area contributed by atoms with Gasteiger partial charge in [-0.25, -0.2) is 0 Å². The van der Waals surface area contributed by atoms with Gasteiger partial charge in [0.15, 0.2) is 34.5 Å². The summed E-state index contributed by atoms with van der Waals surface area (Å²) in [4.78, 5) is 0. The second-order valence-electron chi connectivity index (χ2n) is 12.6. The summed E-state index contributed by atoms with van der Waals surface area (Å²) in [5, 5.41) is 105. The highest BCUT2D eigenvalue weighted by atomic mass is 16.3. The summed E-state index contributed by atoms with van der Waals surface area (Å²) in [6.07, 6.45) is 1.76. The van der Waals surface area contributed by atoms with Crippen LogP contribution in [0.5, 0.6) is 46.0 Å². The van der Waals surface area contributed by atoms with E-state index in [0.29, 0.717) is 44.5 Å². The molecule has 250 valence electrons. The molecule has 0 spiro atoms. The minimum atomic E-state index is -1.19. The van der Waals surface area contributed by atoms with Crippen molar-refractivity contribution in [3.63, 3.8) is 0 Å². The summed E-state index contributed by atoms with van der Waals surface area (Å²) >= 11 is 0. The van der Waals surface area contributed by atoms with E-state index in [1.165, 1.54) is 60.7 Å². The summed E-state index contributed by atoms with van der Waals surface area (Å²) in [5.74, 6) is -2.83. The fourth-order valence-corrected chi connectivity index (χ4v) is 6.01. The Kier molecular flexibility index (Phi) is 8.05. The highest BCUT2D eigenvalue weighted by molar-refractivity contribution is 5.86. The van der Waals surface area contributed by atoms with E-state index in [2.05, 4.69) is 0 Å². The Morgan fingerprint density at radius 2 is 0.837 bits per heavy atom. The molecule has 0 amide bonds. The topological polar surface area (TPSA) is 202 Å². The molecule has 0 heterocycles. The molecule has 0 bridgehead atoms. The molecular formula is C39H34O10. The van der Waals surface area contributed by atoms with Gasteiger partial charge in [0, 0.05) is 34.1 Å². The van der Waals surface area contributed by atoms with Gasteiger partial charge in [-0.15, -0.1) is 0 Å². The molecule has 5 aromatic rings. The molecule has 10 nitrogen and oxygen atoms in total. The van der Waals surface area contributed by atoms with Gasteiger partial charge in [0.2, 0.25) is 0 Å². The zero-order valence-electron chi connectivity index (χ0n) is 26.4. The lowest BCUT2D eigenvalue weighted by Gasteiger charge is -2.30. The van der Waals surface area contributed by atoms with E-state index in [1.807, 2.05) is 13.8 Å². The summed E-state index contributed by atoms with van der Waals surface area (Å²) < 4.78 is 0. The molecule has 6 rings (SSSR count). The maximum absolute atomic E-state index is 11.6. The van der Waals surface area contributed by atoms with Crippen molar-refractivity contribution in [2.24, 2.45) is 0 Å². The van der Waals surface area contributed by atoms with E-state index in [-0.39, 0.29) is 52.1 Å². The summed E-state index contributed by atoms with van der Waals surface area (Å²) in [6, 6.07) is 19.3. The average molecular weight is 663 g/mol. The van der Waals surface area contributed by atoms with Crippen molar-refractivity contribution in [3.8, 4) is 79.4 Å². The fourth-order valence-electron chi connectivity index (χ4n) is 6.01. The van der Waals surface area contributed by atoms with Crippen molar-refractivity contribution in [1.82, 2.24) is 0 Å². The smallest absolute Gasteiger partial charge is 0.158 e. The lowest BCUT2D eigenvalue weighted by atomic mass is 9.74. The van der Waals surface area contributed by atoms with Crippen molar-refractivity contribution < 1.29 is 51.1 Å². The fraction of sp³-hybridized carbons (Fsp3) is 0.128. The van der Waals surface area contributed by atoms with Crippen molar-refractivity contribution in [2.75, 3.05) is 0 Å². The molecule has 0 saturated heterocycles. The molecule has 5 aromatic carbocycles. The number of aliphatic hydroxyl groups is 2. The Balaban J connectivity index is 1.62. The molecule has 0 fully saturated rings. The van der Waals surface area contributed by atoms with Crippen molar-refractivity contribution in [2.45, 2.75) is 31.8 Å². The molecule has 0 saturated carbocycles. The molecule has 49 heavy (non-hydrogen) atoms. The van der Waals surface area contributed by atoms with Crippen LogP contribution in [-0.2, 0) is 5.41 Å². The van der Waals surface area contributed by atoms with Crippen LogP contribution in [0.4, 0.5) is 0 Å². The van der Waals surface area contributed by atoms with Gasteiger partial charge in [-0.1, -0.05) is 38.1 Å². The van der Waals surface area contributed by atoms with Crippen molar-refractivity contribution >= 4 is 5.57 Å². The SMILES string of the molecule is CC(C)(c1cc(C2=CC=C(O)C(O)C2)c(O)c(-c2ccc(O)c(O)c2)c1)c1cc(-c2ccc(O)c(O)c2)c(O)c(-c2ccc(O)c(O)c2)c1.